The Balaban J connectivity index is 1.44. The van der Waals surface area contributed by atoms with E-state index in [1.54, 1.807) is 5.57 Å². The van der Waals surface area contributed by atoms with E-state index in [1.807, 2.05) is 20.3 Å². The minimum absolute atomic E-state index is 0.0124. The number of allylic oxidation sites excluding steroid dienone is 4. The Labute approximate surface area is 176 Å². The summed E-state index contributed by atoms with van der Waals surface area (Å²) in [5.74, 6) is 2.69. The van der Waals surface area contributed by atoms with Crippen LogP contribution in [0.5, 0.6) is 0 Å². The fourth-order valence-corrected chi connectivity index (χ4v) is 6.96. The van der Waals surface area contributed by atoms with Gasteiger partial charge in [0, 0.05) is 18.4 Å². The normalized spacial score (nSPS) is 40.7. The second kappa shape index (κ2) is 8.02. The number of hydrogen-bond acceptors (Lipinski definition) is 4. The van der Waals surface area contributed by atoms with Gasteiger partial charge in [0.15, 0.2) is 0 Å². The van der Waals surface area contributed by atoms with Gasteiger partial charge in [0.25, 0.3) is 0 Å². The van der Waals surface area contributed by atoms with E-state index in [2.05, 4.69) is 36.1 Å². The van der Waals surface area contributed by atoms with Crippen LogP contribution < -0.4 is 0 Å². The topological polar surface area (TPSA) is 41.9 Å². The van der Waals surface area contributed by atoms with Crippen LogP contribution in [0, 0.1) is 28.6 Å². The highest BCUT2D eigenvalue weighted by atomic mass is 16.6. The van der Waals surface area contributed by atoms with Crippen LogP contribution >= 0.6 is 0 Å². The fraction of sp³-hybridized carbons (Fsp3) is 0.760. The van der Waals surface area contributed by atoms with Gasteiger partial charge in [0.05, 0.1) is 6.21 Å². The minimum Gasteiger partial charge on any atom is -0.394 e. The third-order valence-electron chi connectivity index (χ3n) is 8.79. The number of oxime groups is 1. The van der Waals surface area contributed by atoms with Crippen molar-refractivity contribution in [2.24, 2.45) is 33.7 Å². The molecule has 4 aliphatic rings. The van der Waals surface area contributed by atoms with Crippen molar-refractivity contribution in [2.75, 3.05) is 27.2 Å². The van der Waals surface area contributed by atoms with E-state index in [1.165, 1.54) is 31.3 Å². The third-order valence-corrected chi connectivity index (χ3v) is 8.79. The van der Waals surface area contributed by atoms with E-state index >= 15 is 0 Å². The lowest BCUT2D eigenvalue weighted by Gasteiger charge is -2.57. The molecule has 0 radical (unpaired) electrons. The van der Waals surface area contributed by atoms with Crippen molar-refractivity contribution >= 4 is 12.0 Å². The van der Waals surface area contributed by atoms with Crippen molar-refractivity contribution in [2.45, 2.75) is 65.2 Å². The molecule has 0 aromatic carbocycles. The molecule has 0 spiro atoms. The van der Waals surface area contributed by atoms with Gasteiger partial charge in [-0.25, -0.2) is 0 Å². The first-order chi connectivity index (χ1) is 13.8. The van der Waals surface area contributed by atoms with Gasteiger partial charge >= 0.3 is 0 Å². The minimum atomic E-state index is -0.0124. The molecule has 4 nitrogen and oxygen atoms in total. The third kappa shape index (κ3) is 3.73. The molecule has 0 saturated heterocycles. The second-order valence-corrected chi connectivity index (χ2v) is 10.6. The van der Waals surface area contributed by atoms with Crippen LogP contribution in [0.4, 0.5) is 0 Å². The summed E-state index contributed by atoms with van der Waals surface area (Å²) in [6.07, 6.45) is 15.5. The molecule has 0 aliphatic heterocycles. The highest BCUT2D eigenvalue weighted by molar-refractivity contribution is 5.87. The molecular weight excluding hydrogens is 360 g/mol. The van der Waals surface area contributed by atoms with E-state index in [0.29, 0.717) is 23.7 Å². The number of carbonyl (C=O) groups is 1. The molecule has 0 amide bonds. The van der Waals surface area contributed by atoms with Gasteiger partial charge in [-0.3, -0.25) is 4.79 Å². The maximum absolute atomic E-state index is 12.6. The Bertz CT molecular complexity index is 737. The highest BCUT2D eigenvalue weighted by Gasteiger charge is 2.58. The van der Waals surface area contributed by atoms with Crippen molar-refractivity contribution in [3.8, 4) is 0 Å². The number of carbonyl (C=O) groups excluding carboxylic acids is 1. The van der Waals surface area contributed by atoms with E-state index in [0.717, 1.165) is 44.1 Å². The number of rotatable bonds is 5. The molecule has 4 rings (SSSR count). The van der Waals surface area contributed by atoms with Gasteiger partial charge in [-0.2, -0.15) is 0 Å². The summed E-state index contributed by atoms with van der Waals surface area (Å²) in [4.78, 5) is 20.0. The molecule has 0 aromatic heterocycles. The number of fused-ring (bicyclic) bond motifs is 5. The zero-order chi connectivity index (χ0) is 20.6. The monoisotopic (exact) mass is 398 g/mol. The molecule has 29 heavy (non-hydrogen) atoms. The molecule has 160 valence electrons. The van der Waals surface area contributed by atoms with Crippen LogP contribution in [-0.4, -0.2) is 44.1 Å². The number of likely N-dealkylation sites (N-methyl/N-ethyl adjacent to an activating group) is 1. The van der Waals surface area contributed by atoms with Gasteiger partial charge in [-0.1, -0.05) is 30.7 Å². The fourth-order valence-electron chi connectivity index (χ4n) is 6.96. The second-order valence-electron chi connectivity index (χ2n) is 10.6. The summed E-state index contributed by atoms with van der Waals surface area (Å²) in [7, 11) is 4.07. The lowest BCUT2D eigenvalue weighted by Crippen LogP contribution is -2.50. The smallest absolute Gasteiger partial charge is 0.139 e. The first-order valence-electron chi connectivity index (χ1n) is 11.6. The molecule has 3 fully saturated rings. The zero-order valence-corrected chi connectivity index (χ0v) is 18.7. The maximum atomic E-state index is 12.6. The molecule has 0 bridgehead atoms. The molecular formula is C25H38N2O2. The SMILES string of the molecule is CN(C)CCON=CC=C1C=C2CCC3C4CCC(=O)C4(C)CCC3C2(C)CC1. The Hall–Kier alpha value is -1.42. The molecule has 0 aromatic rings. The van der Waals surface area contributed by atoms with E-state index in [-0.39, 0.29) is 5.41 Å². The van der Waals surface area contributed by atoms with Crippen molar-refractivity contribution in [3.05, 3.63) is 23.3 Å². The Kier molecular flexibility index (Phi) is 5.76. The van der Waals surface area contributed by atoms with E-state index < -0.39 is 0 Å². The number of ketones is 1. The average Bonchev–Trinajstić information content (AvgIpc) is 2.99. The van der Waals surface area contributed by atoms with Crippen LogP contribution in [0.15, 0.2) is 28.5 Å². The van der Waals surface area contributed by atoms with Crippen molar-refractivity contribution in [1.82, 2.24) is 4.90 Å². The molecule has 0 N–H and O–H groups in total. The molecule has 4 aliphatic carbocycles. The van der Waals surface area contributed by atoms with E-state index in [4.69, 9.17) is 4.84 Å². The van der Waals surface area contributed by atoms with Crippen LogP contribution in [-0.2, 0) is 9.63 Å². The summed E-state index contributed by atoms with van der Waals surface area (Å²) in [5.41, 5.74) is 3.34. The number of nitrogens with zero attached hydrogens (tertiary/aromatic N) is 2. The largest absolute Gasteiger partial charge is 0.394 e. The van der Waals surface area contributed by atoms with Crippen molar-refractivity contribution < 1.29 is 9.63 Å². The van der Waals surface area contributed by atoms with Gasteiger partial charge in [0.1, 0.15) is 12.4 Å². The summed E-state index contributed by atoms with van der Waals surface area (Å²) in [6, 6.07) is 0. The van der Waals surface area contributed by atoms with Gasteiger partial charge < -0.3 is 9.74 Å². The molecule has 5 atom stereocenters. The van der Waals surface area contributed by atoms with Crippen LogP contribution in [0.2, 0.25) is 0 Å². The van der Waals surface area contributed by atoms with Crippen LogP contribution in [0.3, 0.4) is 0 Å². The summed E-state index contributed by atoms with van der Waals surface area (Å²) in [6.45, 7) is 6.30. The molecule has 3 saturated carbocycles. The summed E-state index contributed by atoms with van der Waals surface area (Å²) < 4.78 is 0. The van der Waals surface area contributed by atoms with Crippen LogP contribution in [0.25, 0.3) is 0 Å². The van der Waals surface area contributed by atoms with Crippen LogP contribution in [0.1, 0.15) is 65.2 Å². The number of hydrogen-bond donors (Lipinski definition) is 0. The highest BCUT2D eigenvalue weighted by Crippen LogP contribution is 2.64. The predicted octanol–water partition coefficient (Wildman–Crippen LogP) is 5.01. The van der Waals surface area contributed by atoms with Crippen molar-refractivity contribution in [1.29, 1.82) is 0 Å². The predicted molar refractivity (Wildman–Crippen MR) is 118 cm³/mol. The Morgan fingerprint density at radius 3 is 2.69 bits per heavy atom. The lowest BCUT2D eigenvalue weighted by atomic mass is 9.47. The standard InChI is InChI=1S/C25H38N2O2/c1-24-12-9-18(11-14-26-29-16-15-27(3)4)17-19(24)5-6-20-21-7-8-23(28)25(21,2)13-10-22(20)24/h11,14,17,20-22H,5-10,12-13,15-16H2,1-4H3. The maximum Gasteiger partial charge on any atom is 0.139 e. The quantitative estimate of drug-likeness (QED) is 0.371. The first-order valence-corrected chi connectivity index (χ1v) is 11.6. The zero-order valence-electron chi connectivity index (χ0n) is 18.7. The Morgan fingerprint density at radius 2 is 1.90 bits per heavy atom. The van der Waals surface area contributed by atoms with Gasteiger partial charge in [-0.05, 0) is 93.9 Å². The lowest BCUT2D eigenvalue weighted by molar-refractivity contribution is -0.132. The number of Topliss-reactive ketones (excluding diaryl/α,β-unsaturated/α-hetero) is 1. The molecule has 5 unspecified atom stereocenters. The van der Waals surface area contributed by atoms with Gasteiger partial charge in [0.2, 0.25) is 0 Å². The molecule has 4 heteroatoms. The Morgan fingerprint density at radius 1 is 1.10 bits per heavy atom. The first kappa shape index (κ1) is 20.8. The van der Waals surface area contributed by atoms with Gasteiger partial charge in [-0.15, -0.1) is 0 Å². The molecule has 0 heterocycles. The summed E-state index contributed by atoms with van der Waals surface area (Å²) >= 11 is 0. The summed E-state index contributed by atoms with van der Waals surface area (Å²) in [5, 5.41) is 4.09. The van der Waals surface area contributed by atoms with Crippen molar-refractivity contribution in [3.63, 3.8) is 0 Å². The average molecular weight is 399 g/mol. The van der Waals surface area contributed by atoms with E-state index in [9.17, 15) is 4.79 Å².